The molecule has 78 valence electrons. The van der Waals surface area contributed by atoms with Gasteiger partial charge in [0.05, 0.1) is 5.69 Å². The normalized spacial score (nSPS) is 20.9. The van der Waals surface area contributed by atoms with Gasteiger partial charge in [-0.2, -0.15) is 0 Å². The summed E-state index contributed by atoms with van der Waals surface area (Å²) >= 11 is 6.07. The molecule has 0 saturated carbocycles. The molecule has 1 aromatic heterocycles. The average molecular weight is 214 g/mol. The third-order valence-corrected chi connectivity index (χ3v) is 3.29. The molecule has 3 nitrogen and oxygen atoms in total. The Bertz CT molecular complexity index is 332. The number of nitrogens with zero attached hydrogens (tertiary/aromatic N) is 2. The molecule has 1 atom stereocenters. The molecule has 0 saturated heterocycles. The van der Waals surface area contributed by atoms with Crippen molar-refractivity contribution in [2.45, 2.75) is 32.7 Å². The summed E-state index contributed by atoms with van der Waals surface area (Å²) in [6.45, 7) is 3.87. The summed E-state index contributed by atoms with van der Waals surface area (Å²) in [6, 6.07) is 0. The Morgan fingerprint density at radius 3 is 3.07 bits per heavy atom. The molecule has 4 heteroatoms. The highest BCUT2D eigenvalue weighted by atomic mass is 35.5. The fourth-order valence-corrected chi connectivity index (χ4v) is 2.41. The van der Waals surface area contributed by atoms with Gasteiger partial charge in [0.25, 0.3) is 0 Å². The van der Waals surface area contributed by atoms with E-state index in [-0.39, 0.29) is 0 Å². The average Bonchev–Trinajstić information content (AvgIpc) is 2.55. The van der Waals surface area contributed by atoms with Gasteiger partial charge in [0, 0.05) is 13.0 Å². The molecule has 2 N–H and O–H groups in total. The number of halogens is 1. The zero-order valence-electron chi connectivity index (χ0n) is 8.46. The van der Waals surface area contributed by atoms with Gasteiger partial charge in [-0.3, -0.25) is 0 Å². The van der Waals surface area contributed by atoms with E-state index in [1.165, 1.54) is 5.69 Å². The summed E-state index contributed by atoms with van der Waals surface area (Å²) in [7, 11) is 0. The van der Waals surface area contributed by atoms with E-state index in [0.29, 0.717) is 11.1 Å². The van der Waals surface area contributed by atoms with Crippen LogP contribution >= 0.6 is 11.6 Å². The second-order valence-corrected chi connectivity index (χ2v) is 4.23. The Morgan fingerprint density at radius 1 is 1.64 bits per heavy atom. The number of fused-ring (bicyclic) bond motifs is 1. The molecule has 0 aliphatic carbocycles. The van der Waals surface area contributed by atoms with E-state index in [2.05, 4.69) is 16.5 Å². The van der Waals surface area contributed by atoms with Crippen LogP contribution in [0, 0.1) is 5.92 Å². The Labute approximate surface area is 89.3 Å². The van der Waals surface area contributed by atoms with Gasteiger partial charge in [-0.1, -0.05) is 18.5 Å². The lowest BCUT2D eigenvalue weighted by molar-refractivity contribution is 0.371. The van der Waals surface area contributed by atoms with Crippen molar-refractivity contribution in [3.05, 3.63) is 16.7 Å². The summed E-state index contributed by atoms with van der Waals surface area (Å²) < 4.78 is 2.25. The van der Waals surface area contributed by atoms with Gasteiger partial charge in [-0.25, -0.2) is 4.98 Å². The minimum absolute atomic E-state index is 0.595. The largest absolute Gasteiger partial charge is 0.330 e. The first-order valence-electron chi connectivity index (χ1n) is 5.20. The van der Waals surface area contributed by atoms with Crippen molar-refractivity contribution in [3.63, 3.8) is 0 Å². The van der Waals surface area contributed by atoms with Gasteiger partial charge in [-0.15, -0.1) is 0 Å². The number of rotatable bonds is 2. The summed E-state index contributed by atoms with van der Waals surface area (Å²) in [5.41, 5.74) is 6.89. The van der Waals surface area contributed by atoms with Crippen molar-refractivity contribution >= 4 is 11.6 Å². The van der Waals surface area contributed by atoms with Crippen LogP contribution in [0.3, 0.4) is 0 Å². The molecule has 0 fully saturated rings. The van der Waals surface area contributed by atoms with Crippen LogP contribution in [0.4, 0.5) is 0 Å². The first kappa shape index (κ1) is 9.99. The molecule has 1 aliphatic rings. The highest BCUT2D eigenvalue weighted by Gasteiger charge is 2.22. The first-order valence-corrected chi connectivity index (χ1v) is 5.57. The zero-order valence-corrected chi connectivity index (χ0v) is 9.22. The number of aryl methyl sites for hydroxylation is 1. The topological polar surface area (TPSA) is 43.8 Å². The van der Waals surface area contributed by atoms with Crippen LogP contribution in [0.1, 0.15) is 24.9 Å². The lowest BCUT2D eigenvalue weighted by Crippen LogP contribution is -2.27. The molecule has 0 bridgehead atoms. The van der Waals surface area contributed by atoms with E-state index < -0.39 is 0 Å². The van der Waals surface area contributed by atoms with Crippen molar-refractivity contribution in [2.75, 3.05) is 6.54 Å². The van der Waals surface area contributed by atoms with Crippen LogP contribution in [0.5, 0.6) is 0 Å². The van der Waals surface area contributed by atoms with E-state index in [1.807, 2.05) is 0 Å². The first-order chi connectivity index (χ1) is 6.76. The predicted octanol–water partition coefficient (Wildman–Crippen LogP) is 1.62. The van der Waals surface area contributed by atoms with E-state index in [0.717, 1.165) is 38.2 Å². The molecule has 0 spiro atoms. The van der Waals surface area contributed by atoms with Crippen LogP contribution < -0.4 is 5.73 Å². The molecule has 2 heterocycles. The SMILES string of the molecule is CCc1nc(Cl)c2n1CC(CN)CC2. The second kappa shape index (κ2) is 3.91. The maximum Gasteiger partial charge on any atom is 0.150 e. The van der Waals surface area contributed by atoms with Gasteiger partial charge in [0.1, 0.15) is 5.82 Å². The van der Waals surface area contributed by atoms with Crippen molar-refractivity contribution < 1.29 is 0 Å². The molecular weight excluding hydrogens is 198 g/mol. The summed E-state index contributed by atoms with van der Waals surface area (Å²) in [5, 5.41) is 0.692. The summed E-state index contributed by atoms with van der Waals surface area (Å²) in [4.78, 5) is 4.37. The van der Waals surface area contributed by atoms with Crippen LogP contribution in [-0.4, -0.2) is 16.1 Å². The molecule has 1 unspecified atom stereocenters. The van der Waals surface area contributed by atoms with Crippen LogP contribution in [0.15, 0.2) is 0 Å². The summed E-state index contributed by atoms with van der Waals surface area (Å²) in [5.74, 6) is 1.70. The number of imidazole rings is 1. The number of hydrogen-bond donors (Lipinski definition) is 1. The zero-order chi connectivity index (χ0) is 10.1. The minimum Gasteiger partial charge on any atom is -0.330 e. The summed E-state index contributed by atoms with van der Waals surface area (Å²) in [6.07, 6.45) is 3.11. The number of hydrogen-bond acceptors (Lipinski definition) is 2. The van der Waals surface area contributed by atoms with Crippen molar-refractivity contribution in [1.82, 2.24) is 9.55 Å². The van der Waals surface area contributed by atoms with E-state index >= 15 is 0 Å². The fraction of sp³-hybridized carbons (Fsp3) is 0.700. The molecule has 0 aromatic carbocycles. The number of nitrogens with two attached hydrogens (primary N) is 1. The van der Waals surface area contributed by atoms with Crippen LogP contribution in [0.25, 0.3) is 0 Å². The molecule has 1 aromatic rings. The number of aromatic nitrogens is 2. The standard InChI is InChI=1S/C10H16ClN3/c1-2-9-13-10(11)8-4-3-7(5-12)6-14(8)9/h7H,2-6,12H2,1H3. The Morgan fingerprint density at radius 2 is 2.43 bits per heavy atom. The third kappa shape index (κ3) is 1.55. The third-order valence-electron chi connectivity index (χ3n) is 2.98. The van der Waals surface area contributed by atoms with Gasteiger partial charge in [0.2, 0.25) is 0 Å². The van der Waals surface area contributed by atoms with E-state index in [1.54, 1.807) is 0 Å². The lowest BCUT2D eigenvalue weighted by atomic mass is 9.98. The maximum absolute atomic E-state index is 6.07. The van der Waals surface area contributed by atoms with Gasteiger partial charge >= 0.3 is 0 Å². The van der Waals surface area contributed by atoms with Crippen molar-refractivity contribution in [2.24, 2.45) is 11.7 Å². The molecular formula is C10H16ClN3. The van der Waals surface area contributed by atoms with Crippen LogP contribution in [0.2, 0.25) is 5.15 Å². The Hall–Kier alpha value is -0.540. The predicted molar refractivity (Wildman–Crippen MR) is 57.5 cm³/mol. The smallest absolute Gasteiger partial charge is 0.150 e. The van der Waals surface area contributed by atoms with Crippen LogP contribution in [-0.2, 0) is 19.4 Å². The lowest BCUT2D eigenvalue weighted by Gasteiger charge is -2.24. The van der Waals surface area contributed by atoms with E-state index in [4.69, 9.17) is 17.3 Å². The maximum atomic E-state index is 6.07. The molecule has 1 aliphatic heterocycles. The van der Waals surface area contributed by atoms with Gasteiger partial charge < -0.3 is 10.3 Å². The Kier molecular flexibility index (Phi) is 2.79. The highest BCUT2D eigenvalue weighted by Crippen LogP contribution is 2.26. The Balaban J connectivity index is 2.34. The highest BCUT2D eigenvalue weighted by molar-refractivity contribution is 6.30. The molecule has 0 amide bonds. The van der Waals surface area contributed by atoms with Crippen molar-refractivity contribution in [3.8, 4) is 0 Å². The molecule has 2 rings (SSSR count). The minimum atomic E-state index is 0.595. The van der Waals surface area contributed by atoms with Crippen molar-refractivity contribution in [1.29, 1.82) is 0 Å². The quantitative estimate of drug-likeness (QED) is 0.812. The monoisotopic (exact) mass is 213 g/mol. The van der Waals surface area contributed by atoms with Gasteiger partial charge in [0.15, 0.2) is 5.15 Å². The molecule has 0 radical (unpaired) electrons. The molecule has 14 heavy (non-hydrogen) atoms. The van der Waals surface area contributed by atoms with E-state index in [9.17, 15) is 0 Å². The second-order valence-electron chi connectivity index (χ2n) is 3.87. The fourth-order valence-electron chi connectivity index (χ4n) is 2.11. The van der Waals surface area contributed by atoms with Gasteiger partial charge in [-0.05, 0) is 25.3 Å².